The largest absolute Gasteiger partial charge is 0.489 e. The minimum Gasteiger partial charge on any atom is -0.489 e. The number of hydrogen-bond donors (Lipinski definition) is 3. The second-order valence-corrected chi connectivity index (χ2v) is 8.60. The molecule has 0 saturated heterocycles. The molecule has 1 aliphatic carbocycles. The SMILES string of the molecule is O=C(O)/C=C/c1cccc2c1OC1CC(O)C(NS(=O)(=O)c3ccccc3)C21. The van der Waals surface area contributed by atoms with Gasteiger partial charge in [-0.05, 0) is 18.2 Å². The molecule has 2 aromatic carbocycles. The lowest BCUT2D eigenvalue weighted by atomic mass is 9.93. The van der Waals surface area contributed by atoms with Crippen LogP contribution in [0.2, 0.25) is 0 Å². The molecular formula is C20H19NO6S. The Bertz CT molecular complexity index is 1030. The zero-order valence-corrected chi connectivity index (χ0v) is 15.5. The van der Waals surface area contributed by atoms with Crippen molar-refractivity contribution in [2.75, 3.05) is 0 Å². The Hall–Kier alpha value is -2.68. The predicted octanol–water partition coefficient (Wildman–Crippen LogP) is 1.74. The molecule has 7 nitrogen and oxygen atoms in total. The van der Waals surface area contributed by atoms with Crippen LogP contribution in [0.4, 0.5) is 0 Å². The highest BCUT2D eigenvalue weighted by Gasteiger charge is 2.51. The average Bonchev–Trinajstić information content (AvgIpc) is 3.17. The number of carboxylic acid groups (broad SMARTS) is 1. The molecular weight excluding hydrogens is 382 g/mol. The molecule has 28 heavy (non-hydrogen) atoms. The molecule has 1 aliphatic heterocycles. The van der Waals surface area contributed by atoms with Crippen LogP contribution in [0.15, 0.2) is 59.5 Å². The van der Waals surface area contributed by atoms with Crippen LogP contribution in [-0.2, 0) is 14.8 Å². The lowest BCUT2D eigenvalue weighted by molar-refractivity contribution is -0.131. The van der Waals surface area contributed by atoms with Crippen LogP contribution in [0.5, 0.6) is 5.75 Å². The van der Waals surface area contributed by atoms with Gasteiger partial charge in [0.15, 0.2) is 0 Å². The number of fused-ring (bicyclic) bond motifs is 3. The van der Waals surface area contributed by atoms with E-state index in [0.717, 1.165) is 11.6 Å². The topological polar surface area (TPSA) is 113 Å². The number of aliphatic carboxylic acids is 1. The maximum atomic E-state index is 12.7. The first kappa shape index (κ1) is 18.7. The third-order valence-corrected chi connectivity index (χ3v) is 6.61. The van der Waals surface area contributed by atoms with Crippen LogP contribution < -0.4 is 9.46 Å². The summed E-state index contributed by atoms with van der Waals surface area (Å²) in [5, 5.41) is 19.3. The lowest BCUT2D eigenvalue weighted by Gasteiger charge is -2.22. The Kier molecular flexibility index (Phi) is 4.70. The van der Waals surface area contributed by atoms with Crippen molar-refractivity contribution < 1.29 is 28.2 Å². The van der Waals surface area contributed by atoms with Gasteiger partial charge in [-0.15, -0.1) is 0 Å². The molecule has 8 heteroatoms. The number of nitrogens with one attached hydrogen (secondary N) is 1. The van der Waals surface area contributed by atoms with E-state index in [1.807, 2.05) is 6.07 Å². The van der Waals surface area contributed by atoms with Crippen LogP contribution in [0.1, 0.15) is 23.5 Å². The number of carboxylic acids is 1. The van der Waals surface area contributed by atoms with E-state index in [9.17, 15) is 18.3 Å². The lowest BCUT2D eigenvalue weighted by Crippen LogP contribution is -2.43. The second kappa shape index (κ2) is 7.05. The van der Waals surface area contributed by atoms with Crippen LogP contribution in [0.25, 0.3) is 6.08 Å². The van der Waals surface area contributed by atoms with Gasteiger partial charge in [0, 0.05) is 29.5 Å². The number of benzene rings is 2. The van der Waals surface area contributed by atoms with E-state index in [1.54, 1.807) is 30.3 Å². The fraction of sp³-hybridized carbons (Fsp3) is 0.250. The summed E-state index contributed by atoms with van der Waals surface area (Å²) in [6.45, 7) is 0. The van der Waals surface area contributed by atoms with E-state index in [-0.39, 0.29) is 23.3 Å². The van der Waals surface area contributed by atoms with Gasteiger partial charge in [0.2, 0.25) is 10.0 Å². The normalized spacial score (nSPS) is 26.0. The first-order chi connectivity index (χ1) is 13.4. The number of aliphatic hydroxyl groups is 1. The summed E-state index contributed by atoms with van der Waals surface area (Å²) >= 11 is 0. The van der Waals surface area contributed by atoms with Gasteiger partial charge < -0.3 is 14.9 Å². The van der Waals surface area contributed by atoms with E-state index in [1.165, 1.54) is 18.2 Å². The molecule has 3 N–H and O–H groups in total. The molecule has 0 radical (unpaired) electrons. The van der Waals surface area contributed by atoms with Gasteiger partial charge >= 0.3 is 5.97 Å². The van der Waals surface area contributed by atoms with Crippen LogP contribution in [0.3, 0.4) is 0 Å². The van der Waals surface area contributed by atoms with Crippen LogP contribution >= 0.6 is 0 Å². The monoisotopic (exact) mass is 401 g/mol. The third-order valence-electron chi connectivity index (χ3n) is 5.13. The summed E-state index contributed by atoms with van der Waals surface area (Å²) in [7, 11) is -3.81. The van der Waals surface area contributed by atoms with Crippen molar-refractivity contribution in [2.24, 2.45) is 0 Å². The maximum Gasteiger partial charge on any atom is 0.328 e. The third kappa shape index (κ3) is 3.30. The van der Waals surface area contributed by atoms with Gasteiger partial charge in [0.1, 0.15) is 11.9 Å². The molecule has 1 heterocycles. The molecule has 1 saturated carbocycles. The van der Waals surface area contributed by atoms with Crippen LogP contribution in [0, 0.1) is 0 Å². The molecule has 2 aliphatic rings. The minimum absolute atomic E-state index is 0.128. The van der Waals surface area contributed by atoms with Gasteiger partial charge in [0.05, 0.1) is 17.0 Å². The van der Waals surface area contributed by atoms with Gasteiger partial charge in [-0.1, -0.05) is 36.4 Å². The summed E-state index contributed by atoms with van der Waals surface area (Å²) in [6.07, 6.45) is 1.48. The molecule has 146 valence electrons. The number of ether oxygens (including phenoxy) is 1. The number of rotatable bonds is 5. The minimum atomic E-state index is -3.81. The molecule has 0 bridgehead atoms. The Balaban J connectivity index is 1.67. The molecule has 4 rings (SSSR count). The van der Waals surface area contributed by atoms with Gasteiger partial charge in [-0.3, -0.25) is 0 Å². The number of para-hydroxylation sites is 1. The Morgan fingerprint density at radius 2 is 1.89 bits per heavy atom. The predicted molar refractivity (Wildman–Crippen MR) is 101 cm³/mol. The zero-order chi connectivity index (χ0) is 19.9. The standard InChI is InChI=1S/C20H19NO6S/c22-15-11-16-18(19(15)21-28(25,26)13-6-2-1-3-7-13)14-8-4-5-12(20(14)27-16)9-10-17(23)24/h1-10,15-16,18-19,21-22H,11H2,(H,23,24)/b10-9+. The molecule has 1 fully saturated rings. The fourth-order valence-electron chi connectivity index (χ4n) is 3.93. The van der Waals surface area contributed by atoms with E-state index in [0.29, 0.717) is 11.3 Å². The van der Waals surface area contributed by atoms with Crippen molar-refractivity contribution >= 4 is 22.1 Å². The van der Waals surface area contributed by atoms with Crippen molar-refractivity contribution in [3.05, 3.63) is 65.7 Å². The second-order valence-electron chi connectivity index (χ2n) is 6.88. The van der Waals surface area contributed by atoms with Crippen molar-refractivity contribution in [1.82, 2.24) is 4.72 Å². The van der Waals surface area contributed by atoms with Crippen molar-refractivity contribution in [2.45, 2.75) is 35.5 Å². The smallest absolute Gasteiger partial charge is 0.328 e. The number of aliphatic hydroxyl groups excluding tert-OH is 1. The number of hydrogen-bond acceptors (Lipinski definition) is 5. The zero-order valence-electron chi connectivity index (χ0n) is 14.7. The van der Waals surface area contributed by atoms with Gasteiger partial charge in [-0.2, -0.15) is 0 Å². The maximum absolute atomic E-state index is 12.7. The van der Waals surface area contributed by atoms with Gasteiger partial charge in [-0.25, -0.2) is 17.9 Å². The molecule has 0 amide bonds. The van der Waals surface area contributed by atoms with Crippen molar-refractivity contribution in [3.63, 3.8) is 0 Å². The number of carbonyl (C=O) groups is 1. The summed E-state index contributed by atoms with van der Waals surface area (Å²) < 4.78 is 34.1. The average molecular weight is 401 g/mol. The highest BCUT2D eigenvalue weighted by Crippen LogP contribution is 2.49. The quantitative estimate of drug-likeness (QED) is 0.658. The van der Waals surface area contributed by atoms with E-state index < -0.39 is 28.1 Å². The summed E-state index contributed by atoms with van der Waals surface area (Å²) in [5.41, 5.74) is 1.36. The molecule has 0 aromatic heterocycles. The Morgan fingerprint density at radius 1 is 1.14 bits per heavy atom. The number of sulfonamides is 1. The Morgan fingerprint density at radius 3 is 2.61 bits per heavy atom. The van der Waals surface area contributed by atoms with E-state index in [4.69, 9.17) is 9.84 Å². The van der Waals surface area contributed by atoms with Crippen molar-refractivity contribution in [3.8, 4) is 5.75 Å². The van der Waals surface area contributed by atoms with Gasteiger partial charge in [0.25, 0.3) is 0 Å². The molecule has 4 unspecified atom stereocenters. The summed E-state index contributed by atoms with van der Waals surface area (Å²) in [4.78, 5) is 10.9. The first-order valence-corrected chi connectivity index (χ1v) is 10.3. The van der Waals surface area contributed by atoms with Crippen LogP contribution in [-0.4, -0.2) is 42.8 Å². The summed E-state index contributed by atoms with van der Waals surface area (Å²) in [6, 6.07) is 12.6. The highest BCUT2D eigenvalue weighted by atomic mass is 32.2. The molecule has 4 atom stereocenters. The fourth-order valence-corrected chi connectivity index (χ4v) is 5.24. The first-order valence-electron chi connectivity index (χ1n) is 8.83. The van der Waals surface area contributed by atoms with E-state index in [2.05, 4.69) is 4.72 Å². The summed E-state index contributed by atoms with van der Waals surface area (Å²) in [5.74, 6) is -0.896. The Labute approximate surface area is 162 Å². The molecule has 2 aromatic rings. The molecule has 0 spiro atoms. The highest BCUT2D eigenvalue weighted by molar-refractivity contribution is 7.89. The van der Waals surface area contributed by atoms with E-state index >= 15 is 0 Å². The van der Waals surface area contributed by atoms with Crippen molar-refractivity contribution in [1.29, 1.82) is 0 Å².